The van der Waals surface area contributed by atoms with Crippen LogP contribution in [0, 0.1) is 17.8 Å². The Hall–Kier alpha value is -1.06. The van der Waals surface area contributed by atoms with E-state index < -0.39 is 5.97 Å². The van der Waals surface area contributed by atoms with E-state index in [1.807, 2.05) is 13.8 Å². The Labute approximate surface area is 104 Å². The van der Waals surface area contributed by atoms with Gasteiger partial charge >= 0.3 is 5.97 Å². The van der Waals surface area contributed by atoms with Gasteiger partial charge < -0.3 is 10.4 Å². The summed E-state index contributed by atoms with van der Waals surface area (Å²) in [7, 11) is 0. The Morgan fingerprint density at radius 2 is 1.65 bits per heavy atom. The quantitative estimate of drug-likeness (QED) is 0.687. The number of nitrogens with one attached hydrogen (secondary N) is 1. The number of carbonyl (C=O) groups excluding carboxylic acids is 1. The molecule has 0 unspecified atom stereocenters. The molecular formula is C13H25NO3. The van der Waals surface area contributed by atoms with E-state index in [-0.39, 0.29) is 18.2 Å². The van der Waals surface area contributed by atoms with Crippen molar-refractivity contribution in [1.82, 2.24) is 5.32 Å². The van der Waals surface area contributed by atoms with E-state index in [1.165, 1.54) is 0 Å². The maximum Gasteiger partial charge on any atom is 0.303 e. The minimum absolute atomic E-state index is 0.0131. The van der Waals surface area contributed by atoms with Gasteiger partial charge in [0.15, 0.2) is 0 Å². The fourth-order valence-electron chi connectivity index (χ4n) is 1.85. The Kier molecular flexibility index (Phi) is 7.59. The average molecular weight is 243 g/mol. The first-order valence-electron chi connectivity index (χ1n) is 6.29. The zero-order valence-corrected chi connectivity index (χ0v) is 11.3. The highest BCUT2D eigenvalue weighted by atomic mass is 16.4. The first-order valence-corrected chi connectivity index (χ1v) is 6.29. The third-order valence-electron chi connectivity index (χ3n) is 2.45. The number of rotatable bonds is 8. The van der Waals surface area contributed by atoms with Crippen molar-refractivity contribution in [1.29, 1.82) is 0 Å². The van der Waals surface area contributed by atoms with Crippen LogP contribution < -0.4 is 5.32 Å². The summed E-state index contributed by atoms with van der Waals surface area (Å²) < 4.78 is 0. The lowest BCUT2D eigenvalue weighted by Gasteiger charge is -2.18. The highest BCUT2D eigenvalue weighted by Crippen LogP contribution is 2.14. The Bertz CT molecular complexity index is 249. The molecule has 4 heteroatoms. The maximum atomic E-state index is 11.5. The van der Waals surface area contributed by atoms with Crippen LogP contribution in [0.25, 0.3) is 0 Å². The highest BCUT2D eigenvalue weighted by molar-refractivity contribution is 5.76. The molecule has 0 radical (unpaired) electrons. The topological polar surface area (TPSA) is 66.4 Å². The third-order valence-corrected chi connectivity index (χ3v) is 2.45. The van der Waals surface area contributed by atoms with Crippen LogP contribution in [0.4, 0.5) is 0 Å². The predicted octanol–water partition coefficient (Wildman–Crippen LogP) is 2.29. The average Bonchev–Trinajstić information content (AvgIpc) is 2.11. The Morgan fingerprint density at radius 1 is 1.06 bits per heavy atom. The molecule has 0 heterocycles. The second-order valence-corrected chi connectivity index (χ2v) is 5.50. The van der Waals surface area contributed by atoms with Gasteiger partial charge in [-0.3, -0.25) is 9.59 Å². The number of hydrogen-bond acceptors (Lipinski definition) is 2. The van der Waals surface area contributed by atoms with Gasteiger partial charge in [-0.05, 0) is 24.2 Å². The summed E-state index contributed by atoms with van der Waals surface area (Å²) >= 11 is 0. The van der Waals surface area contributed by atoms with Crippen molar-refractivity contribution in [2.24, 2.45) is 17.8 Å². The second-order valence-electron chi connectivity index (χ2n) is 5.50. The fraction of sp³-hybridized carbons (Fsp3) is 0.846. The fourth-order valence-corrected chi connectivity index (χ4v) is 1.85. The van der Waals surface area contributed by atoms with Crippen LogP contribution in [0.2, 0.25) is 0 Å². The number of hydrogen-bond donors (Lipinski definition) is 2. The molecule has 2 N–H and O–H groups in total. The van der Waals surface area contributed by atoms with Crippen molar-refractivity contribution in [2.75, 3.05) is 6.54 Å². The highest BCUT2D eigenvalue weighted by Gasteiger charge is 2.16. The molecule has 0 aromatic heterocycles. The van der Waals surface area contributed by atoms with Crippen molar-refractivity contribution in [2.45, 2.75) is 47.0 Å². The van der Waals surface area contributed by atoms with Gasteiger partial charge in [0.1, 0.15) is 0 Å². The monoisotopic (exact) mass is 243 g/mol. The van der Waals surface area contributed by atoms with Gasteiger partial charge in [-0.15, -0.1) is 0 Å². The molecule has 0 saturated heterocycles. The van der Waals surface area contributed by atoms with E-state index in [4.69, 9.17) is 5.11 Å². The Morgan fingerprint density at radius 3 is 2.06 bits per heavy atom. The van der Waals surface area contributed by atoms with Crippen molar-refractivity contribution in [3.8, 4) is 0 Å². The second kappa shape index (κ2) is 8.09. The SMILES string of the molecule is CC(C)CC(=O)NC[C@H](CC(=O)O)CC(C)C. The molecule has 17 heavy (non-hydrogen) atoms. The first kappa shape index (κ1) is 15.9. The van der Waals surface area contributed by atoms with E-state index in [0.717, 1.165) is 6.42 Å². The summed E-state index contributed by atoms with van der Waals surface area (Å²) in [5.74, 6) is 0.0240. The van der Waals surface area contributed by atoms with E-state index >= 15 is 0 Å². The molecule has 0 fully saturated rings. The van der Waals surface area contributed by atoms with Crippen molar-refractivity contribution in [3.63, 3.8) is 0 Å². The first-order chi connectivity index (χ1) is 7.81. The van der Waals surface area contributed by atoms with Crippen molar-refractivity contribution < 1.29 is 14.7 Å². The molecule has 0 aliphatic heterocycles. The van der Waals surface area contributed by atoms with Gasteiger partial charge in [-0.2, -0.15) is 0 Å². The molecule has 0 aliphatic rings. The number of carboxylic acids is 1. The van der Waals surface area contributed by atoms with Crippen molar-refractivity contribution in [3.05, 3.63) is 0 Å². The van der Waals surface area contributed by atoms with Crippen molar-refractivity contribution >= 4 is 11.9 Å². The smallest absolute Gasteiger partial charge is 0.303 e. The predicted molar refractivity (Wildman–Crippen MR) is 67.7 cm³/mol. The lowest BCUT2D eigenvalue weighted by molar-refractivity contribution is -0.138. The van der Waals surface area contributed by atoms with Gasteiger partial charge in [0.25, 0.3) is 0 Å². The van der Waals surface area contributed by atoms with Gasteiger partial charge in [0.05, 0.1) is 0 Å². The number of carbonyl (C=O) groups is 2. The minimum Gasteiger partial charge on any atom is -0.481 e. The molecule has 1 atom stereocenters. The molecule has 0 rings (SSSR count). The normalized spacial score (nSPS) is 12.8. The summed E-state index contributed by atoms with van der Waals surface area (Å²) in [6, 6.07) is 0. The maximum absolute atomic E-state index is 11.5. The summed E-state index contributed by atoms with van der Waals surface area (Å²) in [6.07, 6.45) is 1.45. The van der Waals surface area contributed by atoms with Crippen LogP contribution in [0.15, 0.2) is 0 Å². The van der Waals surface area contributed by atoms with Crippen LogP contribution in [-0.2, 0) is 9.59 Å². The van der Waals surface area contributed by atoms with E-state index in [2.05, 4.69) is 19.2 Å². The van der Waals surface area contributed by atoms with Gasteiger partial charge in [0, 0.05) is 19.4 Å². The summed E-state index contributed by atoms with van der Waals surface area (Å²) in [6.45, 7) is 8.57. The molecule has 0 aromatic rings. The van der Waals surface area contributed by atoms with Crippen LogP contribution in [0.5, 0.6) is 0 Å². The lowest BCUT2D eigenvalue weighted by Crippen LogP contribution is -2.31. The zero-order valence-electron chi connectivity index (χ0n) is 11.3. The molecule has 0 spiro atoms. The van der Waals surface area contributed by atoms with Crippen LogP contribution >= 0.6 is 0 Å². The van der Waals surface area contributed by atoms with Crippen LogP contribution in [0.3, 0.4) is 0 Å². The number of amides is 1. The number of aliphatic carboxylic acids is 1. The molecule has 4 nitrogen and oxygen atoms in total. The van der Waals surface area contributed by atoms with Crippen LogP contribution in [-0.4, -0.2) is 23.5 Å². The molecule has 0 saturated carbocycles. The number of carboxylic acid groups (broad SMARTS) is 1. The summed E-state index contributed by atoms with van der Waals surface area (Å²) in [4.78, 5) is 22.2. The van der Waals surface area contributed by atoms with Crippen LogP contribution in [0.1, 0.15) is 47.0 Å². The molecular weight excluding hydrogens is 218 g/mol. The molecule has 1 amide bonds. The largest absolute Gasteiger partial charge is 0.481 e. The molecule has 0 aromatic carbocycles. The third kappa shape index (κ3) is 9.85. The lowest BCUT2D eigenvalue weighted by atomic mass is 9.94. The Balaban J connectivity index is 4.06. The minimum atomic E-state index is -0.797. The van der Waals surface area contributed by atoms with Gasteiger partial charge in [-0.25, -0.2) is 0 Å². The van der Waals surface area contributed by atoms with E-state index in [1.54, 1.807) is 0 Å². The van der Waals surface area contributed by atoms with Gasteiger partial charge in [0.2, 0.25) is 5.91 Å². The molecule has 100 valence electrons. The van der Waals surface area contributed by atoms with E-state index in [0.29, 0.717) is 24.8 Å². The molecule has 0 bridgehead atoms. The summed E-state index contributed by atoms with van der Waals surface area (Å²) in [5.41, 5.74) is 0. The molecule has 0 aliphatic carbocycles. The van der Waals surface area contributed by atoms with Gasteiger partial charge in [-0.1, -0.05) is 27.7 Å². The zero-order chi connectivity index (χ0) is 13.4. The van der Waals surface area contributed by atoms with E-state index in [9.17, 15) is 9.59 Å². The standard InChI is InChI=1S/C13H25NO3/c1-9(2)5-11(7-13(16)17)8-14-12(15)6-10(3)4/h9-11H,5-8H2,1-4H3,(H,14,15)(H,16,17)/t11-/m0/s1. The summed E-state index contributed by atoms with van der Waals surface area (Å²) in [5, 5.41) is 11.6.